The van der Waals surface area contributed by atoms with E-state index in [2.05, 4.69) is 10.6 Å². The fraction of sp³-hybridized carbons (Fsp3) is 0.818. The summed E-state index contributed by atoms with van der Waals surface area (Å²) in [6, 6.07) is 0.148. The molecule has 2 rings (SSSR count). The summed E-state index contributed by atoms with van der Waals surface area (Å²) in [6.07, 6.45) is 5.67. The lowest BCUT2D eigenvalue weighted by Gasteiger charge is -2.27. The van der Waals surface area contributed by atoms with E-state index in [-0.39, 0.29) is 17.9 Å². The lowest BCUT2D eigenvalue weighted by molar-refractivity contribution is -0.126. The van der Waals surface area contributed by atoms with Crippen LogP contribution in [0.5, 0.6) is 0 Å². The summed E-state index contributed by atoms with van der Waals surface area (Å²) >= 11 is 0. The summed E-state index contributed by atoms with van der Waals surface area (Å²) < 4.78 is 0. The lowest BCUT2D eigenvalue weighted by atomic mass is 9.83. The average Bonchev–Trinajstić information content (AvgIpc) is 2.16. The number of piperidine rings is 1. The van der Waals surface area contributed by atoms with Crippen LogP contribution in [0, 0.1) is 5.92 Å². The third-order valence-electron chi connectivity index (χ3n) is 3.33. The molecule has 84 valence electrons. The summed E-state index contributed by atoms with van der Waals surface area (Å²) in [5.74, 6) is 0.864. The minimum Gasteiger partial charge on any atom is -0.354 e. The smallest absolute Gasteiger partial charge is 0.220 e. The third-order valence-corrected chi connectivity index (χ3v) is 3.33. The molecule has 1 aliphatic heterocycles. The van der Waals surface area contributed by atoms with Gasteiger partial charge in [-0.25, -0.2) is 0 Å². The summed E-state index contributed by atoms with van der Waals surface area (Å²) in [7, 11) is 0. The van der Waals surface area contributed by atoms with E-state index < -0.39 is 0 Å². The van der Waals surface area contributed by atoms with Crippen molar-refractivity contribution in [3.8, 4) is 0 Å². The number of hydrogen-bond acceptors (Lipinski definition) is 2. The summed E-state index contributed by atoms with van der Waals surface area (Å²) in [5, 5.41) is 5.75. The van der Waals surface area contributed by atoms with E-state index in [0.29, 0.717) is 25.3 Å². The molecule has 1 heterocycles. The molecule has 4 nitrogen and oxygen atoms in total. The quantitative estimate of drug-likeness (QED) is 0.715. The van der Waals surface area contributed by atoms with Gasteiger partial charge in [0.2, 0.25) is 11.8 Å². The second-order valence-electron chi connectivity index (χ2n) is 4.61. The first-order chi connectivity index (χ1) is 7.24. The van der Waals surface area contributed by atoms with E-state index in [1.165, 1.54) is 19.3 Å². The minimum atomic E-state index is 0.0968. The normalized spacial score (nSPS) is 26.7. The summed E-state index contributed by atoms with van der Waals surface area (Å²) in [6.45, 7) is 0.592. The number of amides is 2. The maximum atomic E-state index is 11.6. The molecule has 1 saturated heterocycles. The Labute approximate surface area is 89.8 Å². The van der Waals surface area contributed by atoms with Gasteiger partial charge in [0, 0.05) is 25.4 Å². The zero-order valence-electron chi connectivity index (χ0n) is 8.92. The van der Waals surface area contributed by atoms with Crippen LogP contribution in [0.25, 0.3) is 0 Å². The molecule has 0 aromatic rings. The van der Waals surface area contributed by atoms with E-state index in [4.69, 9.17) is 0 Å². The molecule has 2 amide bonds. The van der Waals surface area contributed by atoms with Crippen LogP contribution < -0.4 is 10.6 Å². The van der Waals surface area contributed by atoms with Gasteiger partial charge in [-0.1, -0.05) is 6.42 Å². The van der Waals surface area contributed by atoms with E-state index in [1.54, 1.807) is 0 Å². The highest BCUT2D eigenvalue weighted by Crippen LogP contribution is 2.29. The standard InChI is InChI=1S/C11H18N2O2/c14-10-5-4-9(7-12-10)13-11(15)6-8-2-1-3-8/h8-9H,1-7H2,(H,12,14)(H,13,15). The lowest BCUT2D eigenvalue weighted by Crippen LogP contribution is -2.48. The Morgan fingerprint density at radius 2 is 2.20 bits per heavy atom. The van der Waals surface area contributed by atoms with Gasteiger partial charge in [-0.3, -0.25) is 9.59 Å². The van der Waals surface area contributed by atoms with Crippen molar-refractivity contribution in [3.63, 3.8) is 0 Å². The molecule has 1 unspecified atom stereocenters. The van der Waals surface area contributed by atoms with Crippen molar-refractivity contribution in [2.45, 2.75) is 44.6 Å². The van der Waals surface area contributed by atoms with Gasteiger partial charge in [0.05, 0.1) is 0 Å². The van der Waals surface area contributed by atoms with Gasteiger partial charge in [0.15, 0.2) is 0 Å². The molecule has 1 atom stereocenters. The van der Waals surface area contributed by atoms with Crippen LogP contribution in [-0.4, -0.2) is 24.4 Å². The van der Waals surface area contributed by atoms with Gasteiger partial charge in [-0.2, -0.15) is 0 Å². The van der Waals surface area contributed by atoms with Crippen LogP contribution in [0.4, 0.5) is 0 Å². The van der Waals surface area contributed by atoms with E-state index >= 15 is 0 Å². The molecule has 1 saturated carbocycles. The van der Waals surface area contributed by atoms with E-state index in [9.17, 15) is 9.59 Å². The van der Waals surface area contributed by atoms with Crippen molar-refractivity contribution in [3.05, 3.63) is 0 Å². The number of rotatable bonds is 3. The van der Waals surface area contributed by atoms with Gasteiger partial charge in [-0.05, 0) is 25.2 Å². The Balaban J connectivity index is 1.66. The molecule has 4 heteroatoms. The first-order valence-electron chi connectivity index (χ1n) is 5.80. The Morgan fingerprint density at radius 3 is 2.73 bits per heavy atom. The predicted molar refractivity (Wildman–Crippen MR) is 56.1 cm³/mol. The van der Waals surface area contributed by atoms with Crippen molar-refractivity contribution in [2.75, 3.05) is 6.54 Å². The summed E-state index contributed by atoms with van der Waals surface area (Å²) in [5.41, 5.74) is 0. The van der Waals surface area contributed by atoms with Crippen molar-refractivity contribution in [1.82, 2.24) is 10.6 Å². The second-order valence-corrected chi connectivity index (χ2v) is 4.61. The van der Waals surface area contributed by atoms with Gasteiger partial charge in [0.25, 0.3) is 0 Å². The average molecular weight is 210 g/mol. The molecule has 0 aromatic carbocycles. The number of hydrogen-bond donors (Lipinski definition) is 2. The molecular weight excluding hydrogens is 192 g/mol. The van der Waals surface area contributed by atoms with Crippen LogP contribution >= 0.6 is 0 Å². The second kappa shape index (κ2) is 4.64. The van der Waals surface area contributed by atoms with Crippen LogP contribution in [0.1, 0.15) is 38.5 Å². The van der Waals surface area contributed by atoms with E-state index in [1.807, 2.05) is 0 Å². The first-order valence-corrected chi connectivity index (χ1v) is 5.80. The Bertz CT molecular complexity index is 251. The molecule has 0 aromatic heterocycles. The molecule has 1 aliphatic carbocycles. The maximum Gasteiger partial charge on any atom is 0.220 e. The highest BCUT2D eigenvalue weighted by Gasteiger charge is 2.23. The zero-order chi connectivity index (χ0) is 10.7. The molecule has 15 heavy (non-hydrogen) atoms. The number of nitrogens with one attached hydrogen (secondary N) is 2. The molecule has 2 N–H and O–H groups in total. The van der Waals surface area contributed by atoms with Crippen molar-refractivity contribution >= 4 is 11.8 Å². The monoisotopic (exact) mass is 210 g/mol. The van der Waals surface area contributed by atoms with Gasteiger partial charge < -0.3 is 10.6 Å². The fourth-order valence-electron chi connectivity index (χ4n) is 2.10. The van der Waals surface area contributed by atoms with Crippen molar-refractivity contribution in [1.29, 1.82) is 0 Å². The van der Waals surface area contributed by atoms with Crippen LogP contribution in [0.3, 0.4) is 0 Å². The maximum absolute atomic E-state index is 11.6. The first kappa shape index (κ1) is 10.5. The highest BCUT2D eigenvalue weighted by atomic mass is 16.2. The Kier molecular flexibility index (Phi) is 3.23. The number of carbonyl (C=O) groups excluding carboxylic acids is 2. The summed E-state index contributed by atoms with van der Waals surface area (Å²) in [4.78, 5) is 22.5. The Hall–Kier alpha value is -1.06. The van der Waals surface area contributed by atoms with Gasteiger partial charge in [-0.15, -0.1) is 0 Å². The van der Waals surface area contributed by atoms with Crippen LogP contribution in [-0.2, 0) is 9.59 Å². The highest BCUT2D eigenvalue weighted by molar-refractivity contribution is 5.79. The number of carbonyl (C=O) groups is 2. The molecule has 2 fully saturated rings. The fourth-order valence-corrected chi connectivity index (χ4v) is 2.10. The predicted octanol–water partition coefficient (Wildman–Crippen LogP) is 0.571. The molecule has 0 bridgehead atoms. The zero-order valence-corrected chi connectivity index (χ0v) is 8.92. The van der Waals surface area contributed by atoms with Gasteiger partial charge in [0.1, 0.15) is 0 Å². The minimum absolute atomic E-state index is 0.0968. The SMILES string of the molecule is O=C1CCC(NC(=O)CC2CCC2)CN1. The molecule has 0 spiro atoms. The third kappa shape index (κ3) is 2.94. The molecule has 0 radical (unpaired) electrons. The van der Waals surface area contributed by atoms with E-state index in [0.717, 1.165) is 6.42 Å². The van der Waals surface area contributed by atoms with Crippen LogP contribution in [0.2, 0.25) is 0 Å². The molecule has 2 aliphatic rings. The van der Waals surface area contributed by atoms with Crippen molar-refractivity contribution in [2.24, 2.45) is 5.92 Å². The topological polar surface area (TPSA) is 58.2 Å². The van der Waals surface area contributed by atoms with Crippen molar-refractivity contribution < 1.29 is 9.59 Å². The van der Waals surface area contributed by atoms with Crippen LogP contribution in [0.15, 0.2) is 0 Å². The largest absolute Gasteiger partial charge is 0.354 e. The molecular formula is C11H18N2O2. The Morgan fingerprint density at radius 1 is 1.40 bits per heavy atom. The van der Waals surface area contributed by atoms with Gasteiger partial charge >= 0.3 is 0 Å².